The molecule has 4 heterocycles. The van der Waals surface area contributed by atoms with E-state index >= 15 is 0 Å². The Hall–Kier alpha value is -1.88. The molecule has 4 nitrogen and oxygen atoms in total. The van der Waals surface area contributed by atoms with Crippen molar-refractivity contribution in [3.63, 3.8) is 0 Å². The van der Waals surface area contributed by atoms with Crippen LogP contribution in [0.2, 0.25) is 0 Å². The summed E-state index contributed by atoms with van der Waals surface area (Å²) < 4.78 is 0. The average molecular weight is 296 g/mol. The van der Waals surface area contributed by atoms with Gasteiger partial charge in [0.25, 0.3) is 0 Å². The first-order valence-corrected chi connectivity index (χ1v) is 8.03. The van der Waals surface area contributed by atoms with Gasteiger partial charge in [0.05, 0.1) is 11.7 Å². The van der Waals surface area contributed by atoms with Crippen LogP contribution in [0.4, 0.5) is 0 Å². The molecular formula is C16H16N4S. The van der Waals surface area contributed by atoms with Gasteiger partial charge in [-0.25, -0.2) is 0 Å². The summed E-state index contributed by atoms with van der Waals surface area (Å²) in [5, 5.41) is 1.74. The zero-order valence-electron chi connectivity index (χ0n) is 11.8. The van der Waals surface area contributed by atoms with E-state index in [4.69, 9.17) is 4.99 Å². The van der Waals surface area contributed by atoms with Crippen molar-refractivity contribution in [1.29, 1.82) is 0 Å². The van der Waals surface area contributed by atoms with Crippen LogP contribution < -0.4 is 0 Å². The fraction of sp³-hybridized carbons (Fsp3) is 0.312. The molecule has 0 aromatic carbocycles. The highest BCUT2D eigenvalue weighted by Gasteiger charge is 2.43. The predicted octanol–water partition coefficient (Wildman–Crippen LogP) is 3.07. The summed E-state index contributed by atoms with van der Waals surface area (Å²) in [6, 6.07) is 10.4. The molecule has 21 heavy (non-hydrogen) atoms. The second kappa shape index (κ2) is 5.15. The average Bonchev–Trinajstić information content (AvgIpc) is 3.05. The van der Waals surface area contributed by atoms with Crippen LogP contribution in [0.5, 0.6) is 0 Å². The molecular weight excluding hydrogens is 280 g/mol. The zero-order chi connectivity index (χ0) is 14.2. The number of hydrogen-bond donors (Lipinski definition) is 0. The molecule has 4 rings (SSSR count). The van der Waals surface area contributed by atoms with E-state index in [0.717, 1.165) is 17.4 Å². The van der Waals surface area contributed by atoms with Crippen LogP contribution in [0.15, 0.2) is 53.9 Å². The summed E-state index contributed by atoms with van der Waals surface area (Å²) in [4.78, 5) is 16.2. The van der Waals surface area contributed by atoms with Gasteiger partial charge in [-0.15, -0.1) is 0 Å². The van der Waals surface area contributed by atoms with Gasteiger partial charge in [-0.1, -0.05) is 30.8 Å². The molecule has 2 aliphatic heterocycles. The molecule has 2 aromatic rings. The van der Waals surface area contributed by atoms with E-state index in [2.05, 4.69) is 33.9 Å². The summed E-state index contributed by atoms with van der Waals surface area (Å²) in [5.74, 6) is 0. The number of aliphatic imine (C=N–C) groups is 1. The van der Waals surface area contributed by atoms with Crippen molar-refractivity contribution in [3.8, 4) is 0 Å². The van der Waals surface area contributed by atoms with Gasteiger partial charge in [-0.3, -0.25) is 15.0 Å². The lowest BCUT2D eigenvalue weighted by molar-refractivity contribution is 0.320. The van der Waals surface area contributed by atoms with Gasteiger partial charge >= 0.3 is 0 Å². The van der Waals surface area contributed by atoms with E-state index in [-0.39, 0.29) is 12.1 Å². The highest BCUT2D eigenvalue weighted by atomic mass is 32.2. The van der Waals surface area contributed by atoms with E-state index in [9.17, 15) is 0 Å². The van der Waals surface area contributed by atoms with Gasteiger partial charge in [-0.05, 0) is 23.8 Å². The predicted molar refractivity (Wildman–Crippen MR) is 85.2 cm³/mol. The molecule has 2 aromatic heterocycles. The monoisotopic (exact) mass is 296 g/mol. The molecule has 2 aliphatic rings. The Bertz CT molecular complexity index is 658. The van der Waals surface area contributed by atoms with Crippen LogP contribution in [0.25, 0.3) is 0 Å². The van der Waals surface area contributed by atoms with Gasteiger partial charge in [0.15, 0.2) is 5.17 Å². The van der Waals surface area contributed by atoms with Crippen LogP contribution >= 0.6 is 11.8 Å². The van der Waals surface area contributed by atoms with E-state index in [0.29, 0.717) is 5.25 Å². The van der Waals surface area contributed by atoms with Crippen molar-refractivity contribution in [2.75, 3.05) is 6.54 Å². The maximum atomic E-state index is 4.94. The van der Waals surface area contributed by atoms with Crippen molar-refractivity contribution >= 4 is 16.9 Å². The molecule has 0 saturated carbocycles. The third kappa shape index (κ3) is 2.21. The Morgan fingerprint density at radius 3 is 2.90 bits per heavy atom. The largest absolute Gasteiger partial charge is 0.341 e. The summed E-state index contributed by atoms with van der Waals surface area (Å²) in [6.45, 7) is 3.29. The minimum atomic E-state index is 0.0606. The van der Waals surface area contributed by atoms with Gasteiger partial charge in [0, 0.05) is 30.4 Å². The fourth-order valence-electron chi connectivity index (χ4n) is 3.03. The number of aromatic nitrogens is 2. The Morgan fingerprint density at radius 1 is 1.19 bits per heavy atom. The van der Waals surface area contributed by atoms with Crippen LogP contribution in [-0.2, 0) is 0 Å². The summed E-state index contributed by atoms with van der Waals surface area (Å²) in [7, 11) is 0. The number of hydrogen-bond acceptors (Lipinski definition) is 5. The van der Waals surface area contributed by atoms with Crippen LogP contribution in [0.1, 0.15) is 30.3 Å². The molecule has 0 amide bonds. The smallest absolute Gasteiger partial charge is 0.160 e. The summed E-state index contributed by atoms with van der Waals surface area (Å²) in [6.07, 6.45) is 5.61. The molecule has 0 unspecified atom stereocenters. The maximum absolute atomic E-state index is 4.94. The van der Waals surface area contributed by atoms with E-state index in [1.807, 2.05) is 48.6 Å². The lowest BCUT2D eigenvalue weighted by atomic mass is 9.98. The molecule has 106 valence electrons. The Kier molecular flexibility index (Phi) is 3.15. The van der Waals surface area contributed by atoms with Crippen LogP contribution in [0, 0.1) is 0 Å². The summed E-state index contributed by atoms with van der Waals surface area (Å²) in [5.41, 5.74) is 2.24. The minimum absolute atomic E-state index is 0.0606. The van der Waals surface area contributed by atoms with Crippen molar-refractivity contribution in [1.82, 2.24) is 14.9 Å². The first-order valence-electron chi connectivity index (χ1n) is 7.15. The number of nitrogens with zero attached hydrogens (tertiary/aromatic N) is 4. The Balaban J connectivity index is 1.77. The number of amidine groups is 1. The van der Waals surface area contributed by atoms with Crippen molar-refractivity contribution in [3.05, 3.63) is 60.2 Å². The third-order valence-corrected chi connectivity index (χ3v) is 5.01. The highest BCUT2D eigenvalue weighted by Crippen LogP contribution is 2.47. The van der Waals surface area contributed by atoms with Crippen LogP contribution in [-0.4, -0.2) is 31.8 Å². The fourth-order valence-corrected chi connectivity index (χ4v) is 4.12. The molecule has 1 saturated heterocycles. The zero-order valence-corrected chi connectivity index (χ0v) is 12.6. The number of fused-ring (bicyclic) bond motifs is 1. The van der Waals surface area contributed by atoms with E-state index in [1.54, 1.807) is 0 Å². The maximum Gasteiger partial charge on any atom is 0.160 e. The second-order valence-corrected chi connectivity index (χ2v) is 6.83. The molecule has 0 bridgehead atoms. The number of thioether (sulfide) groups is 1. The molecule has 0 aliphatic carbocycles. The summed E-state index contributed by atoms with van der Waals surface area (Å²) >= 11 is 1.86. The van der Waals surface area contributed by atoms with Crippen LogP contribution in [0.3, 0.4) is 0 Å². The topological polar surface area (TPSA) is 41.4 Å². The lowest BCUT2D eigenvalue weighted by Gasteiger charge is -2.26. The van der Waals surface area contributed by atoms with Crippen molar-refractivity contribution in [2.45, 2.75) is 24.3 Å². The molecule has 0 N–H and O–H groups in total. The lowest BCUT2D eigenvalue weighted by Crippen LogP contribution is -2.28. The minimum Gasteiger partial charge on any atom is -0.341 e. The second-order valence-electron chi connectivity index (χ2n) is 5.42. The third-order valence-electron chi connectivity index (χ3n) is 3.91. The molecule has 3 atom stereocenters. The molecule has 0 spiro atoms. The molecule has 1 fully saturated rings. The van der Waals surface area contributed by atoms with E-state index in [1.165, 1.54) is 5.56 Å². The Morgan fingerprint density at radius 2 is 2.14 bits per heavy atom. The Labute approximate surface area is 128 Å². The molecule has 5 heteroatoms. The van der Waals surface area contributed by atoms with E-state index < -0.39 is 0 Å². The van der Waals surface area contributed by atoms with Crippen molar-refractivity contribution in [2.24, 2.45) is 4.99 Å². The normalized spacial score (nSPS) is 27.6. The highest BCUT2D eigenvalue weighted by molar-refractivity contribution is 8.14. The number of rotatable bonds is 2. The SMILES string of the molecule is C[C@H]1CN2C(=N[C@H](c3ccccn3)[C@@H]2c2cccnc2)S1. The standard InChI is InChI=1S/C16H16N4S/c1-11-10-20-15(12-5-4-7-17-9-12)14(19-16(20)21-11)13-6-2-3-8-18-13/h2-9,11,14-15H,10H2,1H3/t11-,14+,15-/m0/s1. The van der Waals surface area contributed by atoms with Gasteiger partial charge in [0.1, 0.15) is 6.04 Å². The molecule has 0 radical (unpaired) electrons. The van der Waals surface area contributed by atoms with Crippen molar-refractivity contribution < 1.29 is 0 Å². The van der Waals surface area contributed by atoms with Gasteiger partial charge < -0.3 is 4.90 Å². The number of pyridine rings is 2. The quantitative estimate of drug-likeness (QED) is 0.854. The van der Waals surface area contributed by atoms with Gasteiger partial charge in [-0.2, -0.15) is 0 Å². The van der Waals surface area contributed by atoms with Gasteiger partial charge in [0.2, 0.25) is 0 Å². The first kappa shape index (κ1) is 12.8. The first-order chi connectivity index (χ1) is 10.3.